The van der Waals surface area contributed by atoms with Crippen molar-refractivity contribution in [3.63, 3.8) is 0 Å². The normalized spacial score (nSPS) is 42.9. The second-order valence-corrected chi connectivity index (χ2v) is 4.72. The van der Waals surface area contributed by atoms with Gasteiger partial charge in [0.1, 0.15) is 0 Å². The molecule has 2 fully saturated rings. The highest BCUT2D eigenvalue weighted by Gasteiger charge is 2.42. The minimum absolute atomic E-state index is 0.263. The standard InChI is InChI=1S/C11H18O3/c12-10-8-4-2-1-3-7(8)5-6-9(10)11(13)14/h7-10,12H,1-6H2,(H,13,14)/t7-,8+,9+,10+/m0/s1. The van der Waals surface area contributed by atoms with Crippen LogP contribution >= 0.6 is 0 Å². The lowest BCUT2D eigenvalue weighted by Gasteiger charge is -2.41. The predicted molar refractivity (Wildman–Crippen MR) is 51.8 cm³/mol. The van der Waals surface area contributed by atoms with E-state index in [4.69, 9.17) is 5.11 Å². The Labute approximate surface area is 84.1 Å². The average Bonchev–Trinajstić information content (AvgIpc) is 2.18. The second-order valence-electron chi connectivity index (χ2n) is 4.72. The van der Waals surface area contributed by atoms with E-state index in [0.717, 1.165) is 19.3 Å². The van der Waals surface area contributed by atoms with Gasteiger partial charge in [0, 0.05) is 0 Å². The van der Waals surface area contributed by atoms with Crippen LogP contribution in [0.15, 0.2) is 0 Å². The molecular weight excluding hydrogens is 180 g/mol. The van der Waals surface area contributed by atoms with Crippen molar-refractivity contribution in [1.29, 1.82) is 0 Å². The molecule has 0 aromatic carbocycles. The zero-order valence-electron chi connectivity index (χ0n) is 8.35. The molecule has 0 aliphatic heterocycles. The van der Waals surface area contributed by atoms with Crippen molar-refractivity contribution in [1.82, 2.24) is 0 Å². The molecule has 0 amide bonds. The first-order valence-corrected chi connectivity index (χ1v) is 5.61. The van der Waals surface area contributed by atoms with E-state index in [1.807, 2.05) is 0 Å². The van der Waals surface area contributed by atoms with Crippen LogP contribution in [0.25, 0.3) is 0 Å². The summed E-state index contributed by atoms with van der Waals surface area (Å²) in [5.74, 6) is -0.469. The third-order valence-corrected chi connectivity index (χ3v) is 3.98. The highest BCUT2D eigenvalue weighted by molar-refractivity contribution is 5.70. The summed E-state index contributed by atoms with van der Waals surface area (Å²) in [6, 6.07) is 0. The number of aliphatic hydroxyl groups excluding tert-OH is 1. The average molecular weight is 198 g/mol. The van der Waals surface area contributed by atoms with E-state index >= 15 is 0 Å². The fourth-order valence-corrected chi connectivity index (χ4v) is 3.18. The Bertz CT molecular complexity index is 227. The Balaban J connectivity index is 2.06. The van der Waals surface area contributed by atoms with Crippen LogP contribution in [0.2, 0.25) is 0 Å². The Morgan fingerprint density at radius 3 is 2.50 bits per heavy atom. The first-order chi connectivity index (χ1) is 6.70. The van der Waals surface area contributed by atoms with Crippen LogP contribution in [0, 0.1) is 17.8 Å². The molecular formula is C11H18O3. The van der Waals surface area contributed by atoms with E-state index < -0.39 is 18.0 Å². The van der Waals surface area contributed by atoms with Crippen molar-refractivity contribution < 1.29 is 15.0 Å². The van der Waals surface area contributed by atoms with Crippen molar-refractivity contribution >= 4 is 5.97 Å². The number of hydrogen-bond donors (Lipinski definition) is 2. The Hall–Kier alpha value is -0.570. The van der Waals surface area contributed by atoms with Gasteiger partial charge in [0.15, 0.2) is 0 Å². The summed E-state index contributed by atoms with van der Waals surface area (Å²) in [4.78, 5) is 10.9. The molecule has 3 heteroatoms. The first kappa shape index (κ1) is 9.97. The molecule has 14 heavy (non-hydrogen) atoms. The zero-order valence-corrected chi connectivity index (χ0v) is 8.35. The number of rotatable bonds is 1. The summed E-state index contributed by atoms with van der Waals surface area (Å²) in [6.45, 7) is 0. The van der Waals surface area contributed by atoms with Crippen molar-refractivity contribution in [2.45, 2.75) is 44.6 Å². The van der Waals surface area contributed by atoms with Gasteiger partial charge in [-0.05, 0) is 31.1 Å². The van der Waals surface area contributed by atoms with Crippen molar-refractivity contribution in [2.24, 2.45) is 17.8 Å². The molecule has 0 heterocycles. The second kappa shape index (κ2) is 3.89. The summed E-state index contributed by atoms with van der Waals surface area (Å²) in [6.07, 6.45) is 5.70. The van der Waals surface area contributed by atoms with Gasteiger partial charge in [0.2, 0.25) is 0 Å². The fourth-order valence-electron chi connectivity index (χ4n) is 3.18. The van der Waals surface area contributed by atoms with Gasteiger partial charge in [-0.2, -0.15) is 0 Å². The molecule has 2 N–H and O–H groups in total. The summed E-state index contributed by atoms with van der Waals surface area (Å²) >= 11 is 0. The number of fused-ring (bicyclic) bond motifs is 1. The first-order valence-electron chi connectivity index (χ1n) is 5.61. The van der Waals surface area contributed by atoms with Crippen LogP contribution in [0.4, 0.5) is 0 Å². The summed E-state index contributed by atoms with van der Waals surface area (Å²) < 4.78 is 0. The minimum Gasteiger partial charge on any atom is -0.481 e. The maximum absolute atomic E-state index is 10.9. The third-order valence-electron chi connectivity index (χ3n) is 3.98. The number of aliphatic carboxylic acids is 1. The molecule has 3 nitrogen and oxygen atoms in total. The van der Waals surface area contributed by atoms with E-state index in [-0.39, 0.29) is 5.92 Å². The van der Waals surface area contributed by atoms with Gasteiger partial charge in [-0.25, -0.2) is 0 Å². The number of hydrogen-bond acceptors (Lipinski definition) is 2. The quantitative estimate of drug-likeness (QED) is 0.673. The smallest absolute Gasteiger partial charge is 0.309 e. The minimum atomic E-state index is -0.818. The maximum atomic E-state index is 10.9. The van der Waals surface area contributed by atoms with Gasteiger partial charge in [-0.3, -0.25) is 4.79 Å². The van der Waals surface area contributed by atoms with Crippen molar-refractivity contribution in [3.05, 3.63) is 0 Å². The van der Waals surface area contributed by atoms with E-state index in [1.54, 1.807) is 0 Å². The molecule has 2 aliphatic rings. The summed E-state index contributed by atoms with van der Waals surface area (Å²) in [7, 11) is 0. The lowest BCUT2D eigenvalue weighted by atomic mass is 9.66. The molecule has 0 unspecified atom stereocenters. The number of carboxylic acid groups (broad SMARTS) is 1. The number of carboxylic acids is 1. The van der Waals surface area contributed by atoms with Crippen LogP contribution in [0.1, 0.15) is 38.5 Å². The van der Waals surface area contributed by atoms with Crippen LogP contribution in [0.5, 0.6) is 0 Å². The molecule has 0 spiro atoms. The lowest BCUT2D eigenvalue weighted by Crippen LogP contribution is -2.43. The van der Waals surface area contributed by atoms with Crippen LogP contribution in [0.3, 0.4) is 0 Å². The summed E-state index contributed by atoms with van der Waals surface area (Å²) in [5, 5.41) is 18.9. The number of aliphatic hydroxyl groups is 1. The van der Waals surface area contributed by atoms with Gasteiger partial charge >= 0.3 is 5.97 Å². The number of carbonyl (C=O) groups is 1. The molecule has 80 valence electrons. The van der Waals surface area contributed by atoms with E-state index in [9.17, 15) is 9.90 Å². The molecule has 0 aromatic heterocycles. The fraction of sp³-hybridized carbons (Fsp3) is 0.909. The van der Waals surface area contributed by atoms with Gasteiger partial charge in [-0.15, -0.1) is 0 Å². The SMILES string of the molecule is O=C(O)[C@@H]1CC[C@@H]2CCCC[C@H]2[C@H]1O. The van der Waals surface area contributed by atoms with E-state index in [0.29, 0.717) is 12.3 Å². The van der Waals surface area contributed by atoms with Gasteiger partial charge < -0.3 is 10.2 Å². The highest BCUT2D eigenvalue weighted by Crippen LogP contribution is 2.42. The van der Waals surface area contributed by atoms with Crippen LogP contribution in [-0.4, -0.2) is 22.3 Å². The topological polar surface area (TPSA) is 57.5 Å². The van der Waals surface area contributed by atoms with Crippen LogP contribution in [-0.2, 0) is 4.79 Å². The largest absolute Gasteiger partial charge is 0.481 e. The van der Waals surface area contributed by atoms with Gasteiger partial charge in [0.05, 0.1) is 12.0 Å². The van der Waals surface area contributed by atoms with E-state index in [1.165, 1.54) is 12.8 Å². The van der Waals surface area contributed by atoms with Crippen molar-refractivity contribution in [3.8, 4) is 0 Å². The molecule has 0 saturated heterocycles. The monoisotopic (exact) mass is 198 g/mol. The maximum Gasteiger partial charge on any atom is 0.309 e. The summed E-state index contributed by atoms with van der Waals surface area (Å²) in [5.41, 5.74) is 0. The molecule has 0 aromatic rings. The van der Waals surface area contributed by atoms with Crippen molar-refractivity contribution in [2.75, 3.05) is 0 Å². The third kappa shape index (κ3) is 1.65. The molecule has 0 bridgehead atoms. The molecule has 2 aliphatic carbocycles. The Kier molecular flexibility index (Phi) is 2.77. The Morgan fingerprint density at radius 1 is 1.07 bits per heavy atom. The molecule has 2 saturated carbocycles. The zero-order chi connectivity index (χ0) is 10.1. The van der Waals surface area contributed by atoms with Gasteiger partial charge in [0.25, 0.3) is 0 Å². The molecule has 4 atom stereocenters. The molecule has 0 radical (unpaired) electrons. The Morgan fingerprint density at radius 2 is 1.79 bits per heavy atom. The lowest BCUT2D eigenvalue weighted by molar-refractivity contribution is -0.152. The highest BCUT2D eigenvalue weighted by atomic mass is 16.4. The van der Waals surface area contributed by atoms with Gasteiger partial charge in [-0.1, -0.05) is 19.3 Å². The van der Waals surface area contributed by atoms with Crippen LogP contribution < -0.4 is 0 Å². The van der Waals surface area contributed by atoms with E-state index in [2.05, 4.69) is 0 Å². The predicted octanol–water partition coefficient (Wildman–Crippen LogP) is 1.65. The molecule has 2 rings (SSSR count).